The summed E-state index contributed by atoms with van der Waals surface area (Å²) in [7, 11) is 1.52. The molecule has 3 aromatic rings. The van der Waals surface area contributed by atoms with Gasteiger partial charge in [0, 0.05) is 0 Å². The van der Waals surface area contributed by atoms with Crippen LogP contribution in [0.5, 0.6) is 11.5 Å². The molecule has 0 saturated heterocycles. The summed E-state index contributed by atoms with van der Waals surface area (Å²) < 4.78 is 5.10. The first-order chi connectivity index (χ1) is 12.6. The topological polar surface area (TPSA) is 66.8 Å². The van der Waals surface area contributed by atoms with Gasteiger partial charge in [0.25, 0.3) is 0 Å². The lowest BCUT2D eigenvalue weighted by Gasteiger charge is -2.04. The van der Waals surface area contributed by atoms with E-state index in [2.05, 4.69) is 0 Å². The van der Waals surface area contributed by atoms with Gasteiger partial charge in [-0.1, -0.05) is 54.6 Å². The molecule has 2 N–H and O–H groups in total. The summed E-state index contributed by atoms with van der Waals surface area (Å²) in [6.07, 6.45) is 3.92. The second-order valence-electron chi connectivity index (χ2n) is 5.77. The Morgan fingerprint density at radius 1 is 0.846 bits per heavy atom. The normalized spacial score (nSPS) is 10.8. The number of methoxy groups -OCH3 is 1. The van der Waals surface area contributed by atoms with Crippen molar-refractivity contribution in [3.05, 3.63) is 83.4 Å². The van der Waals surface area contributed by atoms with Gasteiger partial charge in [0.1, 0.15) is 0 Å². The first-order valence-corrected chi connectivity index (χ1v) is 8.06. The summed E-state index contributed by atoms with van der Waals surface area (Å²) >= 11 is 0. The van der Waals surface area contributed by atoms with Crippen molar-refractivity contribution in [2.45, 2.75) is 0 Å². The summed E-state index contributed by atoms with van der Waals surface area (Å²) in [6.45, 7) is 0. The van der Waals surface area contributed by atoms with Gasteiger partial charge < -0.3 is 14.9 Å². The van der Waals surface area contributed by atoms with Crippen molar-refractivity contribution in [2.75, 3.05) is 7.11 Å². The maximum absolute atomic E-state index is 10.9. The van der Waals surface area contributed by atoms with Crippen LogP contribution in [0, 0.1) is 0 Å². The maximum atomic E-state index is 10.9. The Morgan fingerprint density at radius 3 is 1.96 bits per heavy atom. The molecule has 0 amide bonds. The van der Waals surface area contributed by atoms with Crippen LogP contribution in [0.3, 0.4) is 0 Å². The SMILES string of the molecule is COc1cc(C=Cc2ccc(-c3ccc(C(=O)O)cc3)cc2)ccc1O. The highest BCUT2D eigenvalue weighted by Gasteiger charge is 2.03. The number of phenolic OH excluding ortho intramolecular Hbond substituents is 1. The first-order valence-electron chi connectivity index (χ1n) is 8.06. The molecule has 3 rings (SSSR count). The van der Waals surface area contributed by atoms with Gasteiger partial charge >= 0.3 is 5.97 Å². The second kappa shape index (κ2) is 7.57. The molecule has 0 unspecified atom stereocenters. The lowest BCUT2D eigenvalue weighted by molar-refractivity contribution is 0.0697. The summed E-state index contributed by atoms with van der Waals surface area (Å²) in [6, 6.07) is 20.0. The zero-order chi connectivity index (χ0) is 18.5. The highest BCUT2D eigenvalue weighted by Crippen LogP contribution is 2.27. The predicted molar refractivity (Wildman–Crippen MR) is 102 cm³/mol. The van der Waals surface area contributed by atoms with Crippen LogP contribution in [-0.4, -0.2) is 23.3 Å². The Morgan fingerprint density at radius 2 is 1.38 bits per heavy atom. The average Bonchev–Trinajstić information content (AvgIpc) is 2.68. The first kappa shape index (κ1) is 17.3. The van der Waals surface area contributed by atoms with E-state index in [9.17, 15) is 9.90 Å². The zero-order valence-corrected chi connectivity index (χ0v) is 14.2. The second-order valence-corrected chi connectivity index (χ2v) is 5.77. The van der Waals surface area contributed by atoms with Crippen LogP contribution in [0.25, 0.3) is 23.3 Å². The van der Waals surface area contributed by atoms with Crippen LogP contribution in [0.4, 0.5) is 0 Å². The summed E-state index contributed by atoms with van der Waals surface area (Å²) in [5.41, 5.74) is 4.22. The van der Waals surface area contributed by atoms with Crippen molar-refractivity contribution >= 4 is 18.1 Å². The number of ether oxygens (including phenoxy) is 1. The standard InChI is InChI=1S/C22H18O4/c1-26-21-14-16(6-13-20(21)23)3-2-15-4-7-17(8-5-15)18-9-11-19(12-10-18)22(24)25/h2-14,23H,1H3,(H,24,25). The van der Waals surface area contributed by atoms with E-state index in [-0.39, 0.29) is 11.3 Å². The number of aromatic hydroxyl groups is 1. The van der Waals surface area contributed by atoms with Crippen LogP contribution >= 0.6 is 0 Å². The third kappa shape index (κ3) is 3.92. The molecule has 130 valence electrons. The number of carboxylic acid groups (broad SMARTS) is 1. The zero-order valence-electron chi connectivity index (χ0n) is 14.2. The Labute approximate surface area is 151 Å². The van der Waals surface area contributed by atoms with E-state index >= 15 is 0 Å². The van der Waals surface area contributed by atoms with Gasteiger partial charge in [0.2, 0.25) is 0 Å². The van der Waals surface area contributed by atoms with Gasteiger partial charge in [0.15, 0.2) is 11.5 Å². The van der Waals surface area contributed by atoms with E-state index in [4.69, 9.17) is 9.84 Å². The van der Waals surface area contributed by atoms with E-state index in [1.54, 1.807) is 36.4 Å². The van der Waals surface area contributed by atoms with Crippen LogP contribution in [0.2, 0.25) is 0 Å². The number of hydrogen-bond donors (Lipinski definition) is 2. The van der Waals surface area contributed by atoms with Crippen LogP contribution in [0.15, 0.2) is 66.7 Å². The molecule has 4 heteroatoms. The quantitative estimate of drug-likeness (QED) is 0.642. The molecular weight excluding hydrogens is 328 g/mol. The van der Waals surface area contributed by atoms with Gasteiger partial charge in [-0.2, -0.15) is 0 Å². The fourth-order valence-corrected chi connectivity index (χ4v) is 2.58. The molecule has 0 saturated carbocycles. The monoisotopic (exact) mass is 346 g/mol. The summed E-state index contributed by atoms with van der Waals surface area (Å²) in [5.74, 6) is -0.377. The highest BCUT2D eigenvalue weighted by molar-refractivity contribution is 5.88. The smallest absolute Gasteiger partial charge is 0.335 e. The van der Waals surface area contributed by atoms with E-state index < -0.39 is 5.97 Å². The molecule has 3 aromatic carbocycles. The Kier molecular flexibility index (Phi) is 5.04. The van der Waals surface area contributed by atoms with E-state index in [1.807, 2.05) is 42.5 Å². The van der Waals surface area contributed by atoms with Crippen molar-refractivity contribution in [2.24, 2.45) is 0 Å². The number of carboxylic acids is 1. The average molecular weight is 346 g/mol. The van der Waals surface area contributed by atoms with E-state index in [0.29, 0.717) is 5.75 Å². The third-order valence-corrected chi connectivity index (χ3v) is 4.05. The molecule has 0 aliphatic heterocycles. The minimum absolute atomic E-state index is 0.114. The van der Waals surface area contributed by atoms with Crippen LogP contribution in [-0.2, 0) is 0 Å². The minimum Gasteiger partial charge on any atom is -0.504 e. The molecule has 0 fully saturated rings. The highest BCUT2D eigenvalue weighted by atomic mass is 16.5. The summed E-state index contributed by atoms with van der Waals surface area (Å²) in [4.78, 5) is 10.9. The molecule has 4 nitrogen and oxygen atoms in total. The van der Waals surface area contributed by atoms with Gasteiger partial charge in [-0.25, -0.2) is 4.79 Å². The largest absolute Gasteiger partial charge is 0.504 e. The molecule has 0 spiro atoms. The Bertz CT molecular complexity index is 939. The molecule has 0 aliphatic carbocycles. The van der Waals surface area contributed by atoms with Gasteiger partial charge in [-0.15, -0.1) is 0 Å². The molecule has 0 atom stereocenters. The number of phenols is 1. The van der Waals surface area contributed by atoms with Crippen molar-refractivity contribution < 1.29 is 19.7 Å². The Hall–Kier alpha value is -3.53. The number of benzene rings is 3. The number of rotatable bonds is 5. The van der Waals surface area contributed by atoms with Crippen LogP contribution in [0.1, 0.15) is 21.5 Å². The van der Waals surface area contributed by atoms with E-state index in [1.165, 1.54) is 7.11 Å². The van der Waals surface area contributed by atoms with Crippen molar-refractivity contribution in [3.8, 4) is 22.6 Å². The lowest BCUT2D eigenvalue weighted by Crippen LogP contribution is -1.94. The lowest BCUT2D eigenvalue weighted by atomic mass is 10.0. The molecule has 0 radical (unpaired) electrons. The van der Waals surface area contributed by atoms with Gasteiger partial charge in [0.05, 0.1) is 12.7 Å². The van der Waals surface area contributed by atoms with Crippen LogP contribution < -0.4 is 4.74 Å². The number of hydrogen-bond acceptors (Lipinski definition) is 3. The van der Waals surface area contributed by atoms with Crippen molar-refractivity contribution in [3.63, 3.8) is 0 Å². The van der Waals surface area contributed by atoms with Gasteiger partial charge in [-0.3, -0.25) is 0 Å². The predicted octanol–water partition coefficient (Wildman–Crippen LogP) is 4.94. The molecule has 0 aliphatic rings. The molecule has 0 bridgehead atoms. The van der Waals surface area contributed by atoms with Gasteiger partial charge in [-0.05, 0) is 46.5 Å². The molecule has 0 aromatic heterocycles. The third-order valence-electron chi connectivity index (χ3n) is 4.05. The summed E-state index contributed by atoms with van der Waals surface area (Å²) in [5, 5.41) is 18.6. The fraction of sp³-hybridized carbons (Fsp3) is 0.0455. The minimum atomic E-state index is -0.928. The fourth-order valence-electron chi connectivity index (χ4n) is 2.58. The Balaban J connectivity index is 1.76. The number of aromatic carboxylic acids is 1. The molecule has 26 heavy (non-hydrogen) atoms. The maximum Gasteiger partial charge on any atom is 0.335 e. The van der Waals surface area contributed by atoms with Crippen molar-refractivity contribution in [1.82, 2.24) is 0 Å². The number of carbonyl (C=O) groups is 1. The molecular formula is C22H18O4. The van der Waals surface area contributed by atoms with Crippen molar-refractivity contribution in [1.29, 1.82) is 0 Å². The molecule has 0 heterocycles. The van der Waals surface area contributed by atoms with E-state index in [0.717, 1.165) is 22.3 Å².